The molecular formula is C13H24N2O3S. The molecule has 0 bridgehead atoms. The van der Waals surface area contributed by atoms with Crippen molar-refractivity contribution in [2.24, 2.45) is 5.92 Å². The zero-order valence-corrected chi connectivity index (χ0v) is 12.5. The molecule has 2 aliphatic rings. The van der Waals surface area contributed by atoms with E-state index in [0.29, 0.717) is 25.9 Å². The molecule has 0 saturated carbocycles. The minimum absolute atomic E-state index is 0.0291. The molecule has 19 heavy (non-hydrogen) atoms. The van der Waals surface area contributed by atoms with E-state index in [0.717, 1.165) is 25.9 Å². The van der Waals surface area contributed by atoms with Gasteiger partial charge in [0.2, 0.25) is 15.9 Å². The van der Waals surface area contributed by atoms with Crippen LogP contribution in [-0.4, -0.2) is 55.5 Å². The number of hydrogen-bond acceptors (Lipinski definition) is 3. The van der Waals surface area contributed by atoms with Gasteiger partial charge >= 0.3 is 0 Å². The fraction of sp³-hybridized carbons (Fsp3) is 0.923. The summed E-state index contributed by atoms with van der Waals surface area (Å²) in [5.41, 5.74) is 0. The van der Waals surface area contributed by atoms with Gasteiger partial charge in [0.1, 0.15) is 0 Å². The lowest BCUT2D eigenvalue weighted by atomic mass is 9.95. The molecule has 2 rings (SSSR count). The summed E-state index contributed by atoms with van der Waals surface area (Å²) in [6, 6.07) is 0. The predicted molar refractivity (Wildman–Crippen MR) is 74.2 cm³/mol. The van der Waals surface area contributed by atoms with Crippen LogP contribution in [0.25, 0.3) is 0 Å². The molecule has 0 atom stereocenters. The van der Waals surface area contributed by atoms with Gasteiger partial charge in [-0.15, -0.1) is 0 Å². The van der Waals surface area contributed by atoms with Crippen LogP contribution in [0.3, 0.4) is 0 Å². The SMILES string of the molecule is CCS(=O)(=O)N1CCC(C(=O)N2CCCCC2)CC1. The summed E-state index contributed by atoms with van der Waals surface area (Å²) in [6.45, 7) is 4.43. The quantitative estimate of drug-likeness (QED) is 0.780. The third-order valence-electron chi connectivity index (χ3n) is 4.23. The second-order valence-corrected chi connectivity index (χ2v) is 7.72. The molecule has 0 aliphatic carbocycles. The van der Waals surface area contributed by atoms with Crippen molar-refractivity contribution in [1.82, 2.24) is 9.21 Å². The molecule has 0 aromatic carbocycles. The van der Waals surface area contributed by atoms with Crippen molar-refractivity contribution >= 4 is 15.9 Å². The van der Waals surface area contributed by atoms with Crippen molar-refractivity contribution in [3.8, 4) is 0 Å². The lowest BCUT2D eigenvalue weighted by molar-refractivity contribution is -0.137. The van der Waals surface area contributed by atoms with Crippen molar-refractivity contribution in [3.05, 3.63) is 0 Å². The van der Waals surface area contributed by atoms with Crippen LogP contribution < -0.4 is 0 Å². The number of likely N-dealkylation sites (tertiary alicyclic amines) is 1. The average molecular weight is 288 g/mol. The summed E-state index contributed by atoms with van der Waals surface area (Å²) >= 11 is 0. The fourth-order valence-electron chi connectivity index (χ4n) is 2.94. The minimum Gasteiger partial charge on any atom is -0.342 e. The largest absolute Gasteiger partial charge is 0.342 e. The van der Waals surface area contributed by atoms with Crippen LogP contribution in [-0.2, 0) is 14.8 Å². The third-order valence-corrected chi connectivity index (χ3v) is 6.11. The van der Waals surface area contributed by atoms with E-state index >= 15 is 0 Å². The van der Waals surface area contributed by atoms with E-state index in [2.05, 4.69) is 0 Å². The van der Waals surface area contributed by atoms with Crippen LogP contribution in [0.2, 0.25) is 0 Å². The molecular weight excluding hydrogens is 264 g/mol. The predicted octanol–water partition coefficient (Wildman–Crippen LogP) is 1.06. The van der Waals surface area contributed by atoms with Gasteiger partial charge in [0.15, 0.2) is 0 Å². The number of rotatable bonds is 3. The number of nitrogens with zero attached hydrogens (tertiary/aromatic N) is 2. The highest BCUT2D eigenvalue weighted by atomic mass is 32.2. The number of carbonyl (C=O) groups is 1. The van der Waals surface area contributed by atoms with Crippen molar-refractivity contribution in [2.75, 3.05) is 31.9 Å². The monoisotopic (exact) mass is 288 g/mol. The van der Waals surface area contributed by atoms with Gasteiger partial charge in [-0.25, -0.2) is 12.7 Å². The lowest BCUT2D eigenvalue weighted by Gasteiger charge is -2.35. The van der Waals surface area contributed by atoms with Gasteiger partial charge in [-0.1, -0.05) is 0 Å². The Morgan fingerprint density at radius 1 is 1.05 bits per heavy atom. The molecule has 0 unspecified atom stereocenters. The summed E-state index contributed by atoms with van der Waals surface area (Å²) in [6.07, 6.45) is 4.78. The lowest BCUT2D eigenvalue weighted by Crippen LogP contribution is -2.46. The molecule has 2 aliphatic heterocycles. The number of amides is 1. The van der Waals surface area contributed by atoms with Crippen LogP contribution in [0.15, 0.2) is 0 Å². The Hall–Kier alpha value is -0.620. The van der Waals surface area contributed by atoms with E-state index in [1.807, 2.05) is 4.90 Å². The first-order valence-electron chi connectivity index (χ1n) is 7.31. The zero-order chi connectivity index (χ0) is 13.9. The normalized spacial score (nSPS) is 23.5. The first-order chi connectivity index (χ1) is 9.04. The van der Waals surface area contributed by atoms with E-state index in [9.17, 15) is 13.2 Å². The van der Waals surface area contributed by atoms with E-state index in [1.54, 1.807) is 6.92 Å². The van der Waals surface area contributed by atoms with Gasteiger partial charge in [-0.3, -0.25) is 4.79 Å². The maximum Gasteiger partial charge on any atom is 0.225 e. The van der Waals surface area contributed by atoms with Crippen molar-refractivity contribution in [2.45, 2.75) is 39.0 Å². The Balaban J connectivity index is 1.87. The fourth-order valence-corrected chi connectivity index (χ4v) is 4.07. The van der Waals surface area contributed by atoms with Gasteiger partial charge in [-0.05, 0) is 39.0 Å². The summed E-state index contributed by atoms with van der Waals surface area (Å²) in [4.78, 5) is 14.3. The van der Waals surface area contributed by atoms with Crippen LogP contribution >= 0.6 is 0 Å². The van der Waals surface area contributed by atoms with Crippen molar-refractivity contribution in [3.63, 3.8) is 0 Å². The molecule has 5 nitrogen and oxygen atoms in total. The number of sulfonamides is 1. The molecule has 0 radical (unpaired) electrons. The highest BCUT2D eigenvalue weighted by Crippen LogP contribution is 2.23. The highest BCUT2D eigenvalue weighted by molar-refractivity contribution is 7.89. The summed E-state index contributed by atoms with van der Waals surface area (Å²) in [5.74, 6) is 0.423. The van der Waals surface area contributed by atoms with E-state index in [4.69, 9.17) is 0 Å². The maximum atomic E-state index is 12.3. The summed E-state index contributed by atoms with van der Waals surface area (Å²) in [5, 5.41) is 0. The molecule has 0 spiro atoms. The van der Waals surface area contributed by atoms with Crippen molar-refractivity contribution in [1.29, 1.82) is 0 Å². The van der Waals surface area contributed by atoms with E-state index in [-0.39, 0.29) is 17.6 Å². The highest BCUT2D eigenvalue weighted by Gasteiger charge is 2.32. The maximum absolute atomic E-state index is 12.3. The second-order valence-electron chi connectivity index (χ2n) is 5.46. The van der Waals surface area contributed by atoms with Gasteiger partial charge in [-0.2, -0.15) is 0 Å². The van der Waals surface area contributed by atoms with Crippen LogP contribution in [0.1, 0.15) is 39.0 Å². The molecule has 6 heteroatoms. The first-order valence-corrected chi connectivity index (χ1v) is 8.92. The van der Waals surface area contributed by atoms with Gasteiger partial charge in [0.25, 0.3) is 0 Å². The third kappa shape index (κ3) is 3.48. The van der Waals surface area contributed by atoms with Crippen LogP contribution in [0.5, 0.6) is 0 Å². The zero-order valence-electron chi connectivity index (χ0n) is 11.7. The summed E-state index contributed by atoms with van der Waals surface area (Å²) in [7, 11) is -3.09. The molecule has 0 N–H and O–H groups in total. The molecule has 110 valence electrons. The number of hydrogen-bond donors (Lipinski definition) is 0. The van der Waals surface area contributed by atoms with Gasteiger partial charge in [0, 0.05) is 32.1 Å². The topological polar surface area (TPSA) is 57.7 Å². The Labute approximate surface area is 116 Å². The van der Waals surface area contributed by atoms with Gasteiger partial charge < -0.3 is 4.90 Å². The second kappa shape index (κ2) is 6.22. The standard InChI is InChI=1S/C13H24N2O3S/c1-2-19(17,18)15-10-6-12(7-11-15)13(16)14-8-4-3-5-9-14/h12H,2-11H2,1H3. The minimum atomic E-state index is -3.09. The molecule has 0 aromatic heterocycles. The van der Waals surface area contributed by atoms with E-state index < -0.39 is 10.0 Å². The average Bonchev–Trinajstić information content (AvgIpc) is 2.47. The number of piperidine rings is 2. The van der Waals surface area contributed by atoms with Crippen LogP contribution in [0.4, 0.5) is 0 Å². The Kier molecular flexibility index (Phi) is 4.84. The van der Waals surface area contributed by atoms with Crippen molar-refractivity contribution < 1.29 is 13.2 Å². The molecule has 2 heterocycles. The first kappa shape index (κ1) is 14.8. The smallest absolute Gasteiger partial charge is 0.225 e. The Bertz CT molecular complexity index is 408. The Morgan fingerprint density at radius 3 is 2.16 bits per heavy atom. The van der Waals surface area contributed by atoms with Crippen LogP contribution in [0, 0.1) is 5.92 Å². The van der Waals surface area contributed by atoms with E-state index in [1.165, 1.54) is 10.7 Å². The molecule has 2 fully saturated rings. The molecule has 1 amide bonds. The molecule has 0 aromatic rings. The Morgan fingerprint density at radius 2 is 1.63 bits per heavy atom. The number of carbonyl (C=O) groups excluding carboxylic acids is 1. The summed E-state index contributed by atoms with van der Waals surface area (Å²) < 4.78 is 25.1. The van der Waals surface area contributed by atoms with Gasteiger partial charge in [0.05, 0.1) is 5.75 Å². The molecule has 2 saturated heterocycles.